The smallest absolute Gasteiger partial charge is 0.435 e. The Morgan fingerprint density at radius 2 is 1.97 bits per heavy atom. The minimum Gasteiger partial charge on any atom is -0.442 e. The molecule has 0 bridgehead atoms. The fraction of sp³-hybridized carbons (Fsp3) is 0.583. The molecule has 0 unspecified atom stereocenters. The van der Waals surface area contributed by atoms with E-state index in [2.05, 4.69) is 15.1 Å². The van der Waals surface area contributed by atoms with Crippen LogP contribution in [0.5, 0.6) is 0 Å². The molecule has 1 saturated carbocycles. The summed E-state index contributed by atoms with van der Waals surface area (Å²) < 4.78 is 38.8. The monoisotopic (exact) mass is 516 g/mol. The molecule has 5 rings (SSSR count). The molecule has 0 N–H and O–H groups in total. The van der Waals surface area contributed by atoms with Gasteiger partial charge >= 0.3 is 6.09 Å². The molecule has 3 aromatic rings. The average molecular weight is 517 g/mol. The van der Waals surface area contributed by atoms with Gasteiger partial charge in [-0.1, -0.05) is 0 Å². The van der Waals surface area contributed by atoms with E-state index in [1.54, 1.807) is 44.5 Å². The predicted octanol–water partition coefficient (Wildman–Crippen LogP) is 2.94. The Kier molecular flexibility index (Phi) is 5.67. The number of aromatic nitrogens is 5. The standard InChI is InChI=1S/C24H32N6O5S/c1-15-11-18(29(27-15)22(31)35-23(3,4)5)17-13-25-30-19(24(7-8-24)36(6,32)33)12-20(26-21(17)30)28-9-10-34-14-16(28)2/h11-13,16H,7-10,14H2,1-6H3/t16-/m1/s1. The lowest BCUT2D eigenvalue weighted by atomic mass is 10.2. The van der Waals surface area contributed by atoms with Gasteiger partial charge in [0.25, 0.3) is 0 Å². The lowest BCUT2D eigenvalue weighted by Crippen LogP contribution is -2.44. The van der Waals surface area contributed by atoms with Crippen molar-refractivity contribution in [2.75, 3.05) is 30.9 Å². The summed E-state index contributed by atoms with van der Waals surface area (Å²) >= 11 is 0. The number of nitrogens with zero attached hydrogens (tertiary/aromatic N) is 6. The van der Waals surface area contributed by atoms with Crippen LogP contribution in [-0.2, 0) is 24.1 Å². The molecule has 1 saturated heterocycles. The highest BCUT2D eigenvalue weighted by Gasteiger charge is 2.56. The van der Waals surface area contributed by atoms with Gasteiger partial charge in [-0.25, -0.2) is 22.7 Å². The summed E-state index contributed by atoms with van der Waals surface area (Å²) in [5.41, 5.74) is 2.01. The second-order valence-corrected chi connectivity index (χ2v) is 13.1. The molecule has 0 aromatic carbocycles. The first-order valence-corrected chi connectivity index (χ1v) is 13.9. The van der Waals surface area contributed by atoms with Crippen LogP contribution in [0, 0.1) is 6.92 Å². The molecule has 3 aromatic heterocycles. The van der Waals surface area contributed by atoms with Crippen LogP contribution in [0.1, 0.15) is 51.9 Å². The summed E-state index contributed by atoms with van der Waals surface area (Å²) in [5, 5.41) is 8.92. The number of sulfone groups is 1. The fourth-order valence-electron chi connectivity index (χ4n) is 4.74. The summed E-state index contributed by atoms with van der Waals surface area (Å²) in [6.45, 7) is 11.0. The Hall–Kier alpha value is -2.99. The van der Waals surface area contributed by atoms with E-state index in [1.165, 1.54) is 10.9 Å². The highest BCUT2D eigenvalue weighted by atomic mass is 32.2. The molecule has 12 heteroatoms. The van der Waals surface area contributed by atoms with E-state index in [-0.39, 0.29) is 6.04 Å². The highest BCUT2D eigenvalue weighted by Crippen LogP contribution is 2.53. The van der Waals surface area contributed by atoms with Crippen LogP contribution in [-0.4, -0.2) is 76.5 Å². The molecule has 36 heavy (non-hydrogen) atoms. The van der Waals surface area contributed by atoms with Crippen molar-refractivity contribution < 1.29 is 22.7 Å². The molecular formula is C24H32N6O5S. The molecule has 1 aliphatic heterocycles. The highest BCUT2D eigenvalue weighted by molar-refractivity contribution is 7.91. The molecule has 11 nitrogen and oxygen atoms in total. The largest absolute Gasteiger partial charge is 0.442 e. The maximum atomic E-state index is 13.0. The Balaban J connectivity index is 1.73. The van der Waals surface area contributed by atoms with Crippen LogP contribution in [0.3, 0.4) is 0 Å². The zero-order chi connectivity index (χ0) is 26.0. The number of aryl methyl sites for hydroxylation is 1. The summed E-state index contributed by atoms with van der Waals surface area (Å²) in [4.78, 5) is 20.0. The first-order valence-electron chi connectivity index (χ1n) is 12.0. The molecule has 194 valence electrons. The molecule has 2 fully saturated rings. The lowest BCUT2D eigenvalue weighted by molar-refractivity contribution is 0.0517. The van der Waals surface area contributed by atoms with E-state index in [0.29, 0.717) is 66.7 Å². The first kappa shape index (κ1) is 24.7. The zero-order valence-electron chi connectivity index (χ0n) is 21.5. The van der Waals surface area contributed by atoms with Crippen LogP contribution in [0.25, 0.3) is 16.9 Å². The number of ether oxygens (including phenoxy) is 2. The van der Waals surface area contributed by atoms with Gasteiger partial charge in [-0.05, 0) is 53.5 Å². The van der Waals surface area contributed by atoms with E-state index in [4.69, 9.17) is 14.5 Å². The van der Waals surface area contributed by atoms with Gasteiger partial charge in [-0.15, -0.1) is 0 Å². The van der Waals surface area contributed by atoms with Gasteiger partial charge in [-0.3, -0.25) is 0 Å². The Bertz CT molecular complexity index is 1450. The zero-order valence-corrected chi connectivity index (χ0v) is 22.3. The van der Waals surface area contributed by atoms with Gasteiger partial charge in [0.2, 0.25) is 0 Å². The van der Waals surface area contributed by atoms with E-state index in [1.807, 2.05) is 13.0 Å². The summed E-state index contributed by atoms with van der Waals surface area (Å²) in [5.74, 6) is 0.657. The Morgan fingerprint density at radius 1 is 1.25 bits per heavy atom. The Labute approximate surface area is 210 Å². The second kappa shape index (κ2) is 8.27. The van der Waals surface area contributed by atoms with Crippen LogP contribution in [0.4, 0.5) is 10.6 Å². The van der Waals surface area contributed by atoms with Crippen molar-refractivity contribution in [3.05, 3.63) is 29.7 Å². The van der Waals surface area contributed by atoms with E-state index in [9.17, 15) is 13.2 Å². The van der Waals surface area contributed by atoms with E-state index >= 15 is 0 Å². The van der Waals surface area contributed by atoms with Crippen molar-refractivity contribution in [3.63, 3.8) is 0 Å². The fourth-order valence-corrected chi connectivity index (χ4v) is 6.10. The van der Waals surface area contributed by atoms with Gasteiger partial charge in [0, 0.05) is 18.9 Å². The molecule has 2 aliphatic rings. The molecule has 0 amide bonds. The third-order valence-corrected chi connectivity index (χ3v) is 8.71. The van der Waals surface area contributed by atoms with Crippen molar-refractivity contribution in [3.8, 4) is 11.3 Å². The van der Waals surface area contributed by atoms with Crippen LogP contribution in [0.15, 0.2) is 18.3 Å². The quantitative estimate of drug-likeness (QED) is 0.515. The topological polar surface area (TPSA) is 121 Å². The molecule has 0 spiro atoms. The number of hydrogen-bond acceptors (Lipinski definition) is 9. The summed E-state index contributed by atoms with van der Waals surface area (Å²) in [7, 11) is -3.41. The normalized spacial score (nSPS) is 20.1. The van der Waals surface area contributed by atoms with E-state index < -0.39 is 26.3 Å². The predicted molar refractivity (Wildman–Crippen MR) is 134 cm³/mol. The van der Waals surface area contributed by atoms with Crippen molar-refractivity contribution in [2.45, 2.75) is 63.9 Å². The van der Waals surface area contributed by atoms with Gasteiger partial charge in [-0.2, -0.15) is 14.9 Å². The van der Waals surface area contributed by atoms with Crippen molar-refractivity contribution in [2.24, 2.45) is 0 Å². The average Bonchev–Trinajstić information content (AvgIpc) is 3.35. The number of anilines is 1. The third kappa shape index (κ3) is 4.15. The van der Waals surface area contributed by atoms with Gasteiger partial charge < -0.3 is 14.4 Å². The lowest BCUT2D eigenvalue weighted by Gasteiger charge is -2.34. The van der Waals surface area contributed by atoms with Crippen molar-refractivity contribution in [1.82, 2.24) is 24.4 Å². The molecule has 1 aliphatic carbocycles. The van der Waals surface area contributed by atoms with Crippen LogP contribution in [0.2, 0.25) is 0 Å². The minimum absolute atomic E-state index is 0.0656. The Morgan fingerprint density at radius 3 is 2.58 bits per heavy atom. The number of hydrogen-bond donors (Lipinski definition) is 0. The molecule has 1 atom stereocenters. The van der Waals surface area contributed by atoms with Crippen molar-refractivity contribution in [1.29, 1.82) is 0 Å². The summed E-state index contributed by atoms with van der Waals surface area (Å²) in [6.07, 6.45) is 3.31. The molecule has 4 heterocycles. The van der Waals surface area contributed by atoms with Gasteiger partial charge in [0.1, 0.15) is 16.2 Å². The van der Waals surface area contributed by atoms with Crippen molar-refractivity contribution >= 4 is 27.4 Å². The van der Waals surface area contributed by atoms with Gasteiger partial charge in [0.15, 0.2) is 15.5 Å². The van der Waals surface area contributed by atoms with Crippen LogP contribution >= 0.6 is 0 Å². The number of fused-ring (bicyclic) bond motifs is 1. The maximum Gasteiger partial charge on any atom is 0.435 e. The SMILES string of the molecule is Cc1cc(-c2cnn3c(C4(S(C)(=O)=O)CC4)cc(N4CCOC[C@H]4C)nc23)n(C(=O)OC(C)(C)C)n1. The van der Waals surface area contributed by atoms with E-state index in [0.717, 1.165) is 0 Å². The molecule has 0 radical (unpaired) electrons. The number of rotatable bonds is 4. The van der Waals surface area contributed by atoms with Crippen LogP contribution < -0.4 is 4.90 Å². The number of carbonyl (C=O) groups is 1. The third-order valence-electron chi connectivity index (χ3n) is 6.67. The number of morpholine rings is 1. The summed E-state index contributed by atoms with van der Waals surface area (Å²) in [6, 6.07) is 3.68. The van der Waals surface area contributed by atoms with Gasteiger partial charge in [0.05, 0.1) is 48.1 Å². The molecular weight excluding hydrogens is 484 g/mol. The second-order valence-electron chi connectivity index (χ2n) is 10.7. The minimum atomic E-state index is -3.41. The number of carbonyl (C=O) groups excluding carboxylic acids is 1. The maximum absolute atomic E-state index is 13.0. The first-order chi connectivity index (χ1) is 16.8.